The van der Waals surface area contributed by atoms with Crippen LogP contribution in [0.5, 0.6) is 0 Å². The van der Waals surface area contributed by atoms with Gasteiger partial charge in [-0.1, -0.05) is 237 Å². The van der Waals surface area contributed by atoms with E-state index in [-0.39, 0.29) is 0 Å². The number of fused-ring (bicyclic) bond motifs is 6. The van der Waals surface area contributed by atoms with Crippen molar-refractivity contribution in [2.75, 3.05) is 0 Å². The van der Waals surface area contributed by atoms with Gasteiger partial charge in [-0.05, 0) is 123 Å². The Balaban J connectivity index is 0.865. The summed E-state index contributed by atoms with van der Waals surface area (Å²) in [5.74, 6) is 3.29. The zero-order valence-corrected chi connectivity index (χ0v) is 51.5. The lowest BCUT2D eigenvalue weighted by Gasteiger charge is -2.17. The SMILES string of the molecule is [C-]#[N+]c1ccc(-c2ccc3c(c2)c2ccccc2n3-c2ccc(-c3cccc(-c4ccc(-n5c6ccccc6c6cc(-c7ccc(C#N)cc7)ccc65)c(-c5nc(-c6ccccc6)nc(-c6ccccc6)n5)c4)c3)cc2-c2nc(-c3ccccc3)nc(-c3ccccc3)n2)cc1. The van der Waals surface area contributed by atoms with Crippen LogP contribution < -0.4 is 0 Å². The summed E-state index contributed by atoms with van der Waals surface area (Å²) in [7, 11) is 0. The molecule has 17 rings (SSSR count). The molecule has 0 N–H and O–H groups in total. The Bertz CT molecular complexity index is 5470. The van der Waals surface area contributed by atoms with Crippen LogP contribution >= 0.6 is 0 Å². The first-order valence-corrected chi connectivity index (χ1v) is 31.7. The van der Waals surface area contributed by atoms with Crippen LogP contribution in [0.25, 0.3) is 173 Å². The average molecular weight is 1230 g/mol. The summed E-state index contributed by atoms with van der Waals surface area (Å²) in [5.41, 5.74) is 20.3. The highest BCUT2D eigenvalue weighted by Crippen LogP contribution is 2.43. The number of hydrogen-bond donors (Lipinski definition) is 0. The first-order chi connectivity index (χ1) is 47.5. The standard InChI is InChI=1S/C86H52N10/c1-88-68-43-37-57(38-44-68)65-40-46-78-72(51-65)70-30-15-17-32-76(70)96(78)80-48-42-67(53-74(80)86-93-83(60-23-10-4-11-24-60)90-84(94-86)61-25-12-5-13-26-61)63-28-18-27-62(49-63)66-41-47-79(73(52-66)85-91-81(58-19-6-2-7-20-58)89-82(92-85)59-21-8-3-9-22-59)95-75-31-16-14-29-69(75)71-50-64(39-45-77(71)95)56-35-33-55(54-87)34-36-56/h2-53H. The molecule has 0 radical (unpaired) electrons. The largest absolute Gasteiger partial charge is 0.309 e. The fourth-order valence-corrected chi connectivity index (χ4v) is 13.2. The number of nitriles is 1. The third kappa shape index (κ3) is 10.3. The summed E-state index contributed by atoms with van der Waals surface area (Å²) in [6.45, 7) is 7.58. The number of nitrogens with zero attached hydrogens (tertiary/aromatic N) is 10. The van der Waals surface area contributed by atoms with Gasteiger partial charge in [0.15, 0.2) is 40.6 Å². The monoisotopic (exact) mass is 1220 g/mol. The number of aromatic nitrogens is 8. The lowest BCUT2D eigenvalue weighted by atomic mass is 9.95. The maximum atomic E-state index is 9.62. The molecule has 0 amide bonds. The Hall–Kier alpha value is -13.5. The molecule has 96 heavy (non-hydrogen) atoms. The Labute approximate surface area is 553 Å². The van der Waals surface area contributed by atoms with Crippen LogP contribution in [0.15, 0.2) is 315 Å². The Morgan fingerprint density at radius 2 is 0.573 bits per heavy atom. The van der Waals surface area contributed by atoms with Gasteiger partial charge in [0.1, 0.15) is 0 Å². The van der Waals surface area contributed by atoms with Crippen LogP contribution in [-0.2, 0) is 0 Å². The minimum Gasteiger partial charge on any atom is -0.309 e. The van der Waals surface area contributed by atoms with Gasteiger partial charge in [-0.25, -0.2) is 34.7 Å². The summed E-state index contributed by atoms with van der Waals surface area (Å²) in [5, 5.41) is 14.0. The van der Waals surface area contributed by atoms with Crippen molar-refractivity contribution in [3.05, 3.63) is 332 Å². The topological polar surface area (TPSA) is 115 Å². The predicted octanol–water partition coefficient (Wildman–Crippen LogP) is 21.3. The maximum Gasteiger partial charge on any atom is 0.187 e. The molecule has 17 aromatic rings. The van der Waals surface area contributed by atoms with Crippen molar-refractivity contribution in [2.45, 2.75) is 0 Å². The molecular weight excluding hydrogens is 1170 g/mol. The molecule has 0 unspecified atom stereocenters. The van der Waals surface area contributed by atoms with Crippen molar-refractivity contribution in [1.29, 1.82) is 5.26 Å². The molecule has 446 valence electrons. The maximum absolute atomic E-state index is 9.62. The lowest BCUT2D eigenvalue weighted by Crippen LogP contribution is -2.04. The van der Waals surface area contributed by atoms with E-state index in [0.29, 0.717) is 46.2 Å². The second-order valence-corrected chi connectivity index (χ2v) is 23.6. The minimum absolute atomic E-state index is 0.523. The van der Waals surface area contributed by atoms with Crippen molar-refractivity contribution < 1.29 is 0 Å². The van der Waals surface area contributed by atoms with E-state index in [2.05, 4.69) is 166 Å². The highest BCUT2D eigenvalue weighted by Gasteiger charge is 2.24. The Morgan fingerprint density at radius 3 is 0.969 bits per heavy atom. The smallest absolute Gasteiger partial charge is 0.187 e. The fraction of sp³-hybridized carbons (Fsp3) is 0. The van der Waals surface area contributed by atoms with Gasteiger partial charge in [-0.3, -0.25) is 0 Å². The third-order valence-electron chi connectivity index (χ3n) is 17.9. The van der Waals surface area contributed by atoms with E-state index in [0.717, 1.165) is 133 Å². The molecule has 0 saturated carbocycles. The van der Waals surface area contributed by atoms with Gasteiger partial charge >= 0.3 is 0 Å². The summed E-state index contributed by atoms with van der Waals surface area (Å²) in [6, 6.07) is 110. The van der Waals surface area contributed by atoms with Crippen LogP contribution in [0.4, 0.5) is 5.69 Å². The zero-order valence-electron chi connectivity index (χ0n) is 51.5. The van der Waals surface area contributed by atoms with E-state index >= 15 is 0 Å². The van der Waals surface area contributed by atoms with Crippen molar-refractivity contribution in [3.63, 3.8) is 0 Å². The second-order valence-electron chi connectivity index (χ2n) is 23.6. The number of rotatable bonds is 12. The molecule has 4 aromatic heterocycles. The van der Waals surface area contributed by atoms with Gasteiger partial charge in [-0.15, -0.1) is 0 Å². The molecule has 0 aliphatic carbocycles. The molecule has 0 spiro atoms. The molecule has 0 atom stereocenters. The quantitative estimate of drug-likeness (QED) is 0.112. The molecule has 0 fully saturated rings. The molecule has 0 aliphatic heterocycles. The van der Waals surface area contributed by atoms with Crippen LogP contribution in [0.1, 0.15) is 5.56 Å². The van der Waals surface area contributed by atoms with Gasteiger partial charge in [0.25, 0.3) is 0 Å². The average Bonchev–Trinajstić information content (AvgIpc) is 1.57. The third-order valence-corrected chi connectivity index (χ3v) is 17.9. The summed E-state index contributed by atoms with van der Waals surface area (Å²) < 4.78 is 4.67. The molecule has 0 aliphatic rings. The van der Waals surface area contributed by atoms with E-state index in [1.54, 1.807) is 0 Å². The number of hydrogen-bond acceptors (Lipinski definition) is 7. The van der Waals surface area contributed by atoms with E-state index in [4.69, 9.17) is 36.5 Å². The fourth-order valence-electron chi connectivity index (χ4n) is 13.2. The number of benzene rings is 13. The van der Waals surface area contributed by atoms with E-state index in [9.17, 15) is 5.26 Å². The van der Waals surface area contributed by atoms with Gasteiger partial charge in [-0.2, -0.15) is 5.26 Å². The molecule has 0 bridgehead atoms. The Morgan fingerprint density at radius 1 is 0.260 bits per heavy atom. The van der Waals surface area contributed by atoms with Crippen LogP contribution in [0.2, 0.25) is 0 Å². The molecule has 13 aromatic carbocycles. The zero-order chi connectivity index (χ0) is 64.1. The van der Waals surface area contributed by atoms with Crippen molar-refractivity contribution in [1.82, 2.24) is 39.0 Å². The van der Waals surface area contributed by atoms with Crippen LogP contribution in [-0.4, -0.2) is 39.0 Å². The highest BCUT2D eigenvalue weighted by atomic mass is 15.1. The first-order valence-electron chi connectivity index (χ1n) is 31.7. The highest BCUT2D eigenvalue weighted by molar-refractivity contribution is 6.12. The van der Waals surface area contributed by atoms with Crippen molar-refractivity contribution in [2.24, 2.45) is 0 Å². The second kappa shape index (κ2) is 23.9. The van der Waals surface area contributed by atoms with E-state index in [1.165, 1.54) is 0 Å². The lowest BCUT2D eigenvalue weighted by molar-refractivity contribution is 1.06. The molecule has 0 saturated heterocycles. The summed E-state index contributed by atoms with van der Waals surface area (Å²) in [6.07, 6.45) is 0. The number of para-hydroxylation sites is 2. The van der Waals surface area contributed by atoms with Gasteiger partial charge in [0.2, 0.25) is 0 Å². The van der Waals surface area contributed by atoms with Gasteiger partial charge < -0.3 is 9.13 Å². The normalized spacial score (nSPS) is 11.3. The molecule has 10 heteroatoms. The van der Waals surface area contributed by atoms with Crippen molar-refractivity contribution >= 4 is 49.3 Å². The summed E-state index contributed by atoms with van der Waals surface area (Å²) >= 11 is 0. The molecular formula is C86H52N10. The van der Waals surface area contributed by atoms with Gasteiger partial charge in [0, 0.05) is 54.9 Å². The summed E-state index contributed by atoms with van der Waals surface area (Å²) in [4.78, 5) is 35.5. The predicted molar refractivity (Wildman–Crippen MR) is 387 cm³/mol. The van der Waals surface area contributed by atoms with Gasteiger partial charge in [0.05, 0.1) is 51.6 Å². The Kier molecular flexibility index (Phi) is 14.1. The van der Waals surface area contributed by atoms with Crippen LogP contribution in [0, 0.1) is 17.9 Å². The van der Waals surface area contributed by atoms with Crippen molar-refractivity contribution in [3.8, 4) is 130 Å². The van der Waals surface area contributed by atoms with E-state index < -0.39 is 0 Å². The molecule has 10 nitrogen and oxygen atoms in total. The van der Waals surface area contributed by atoms with Crippen LogP contribution in [0.3, 0.4) is 0 Å². The van der Waals surface area contributed by atoms with E-state index in [1.807, 2.05) is 170 Å². The molecule has 4 heterocycles. The minimum atomic E-state index is 0.523. The first kappa shape index (κ1) is 56.4.